The molecule has 1 heterocycles. The molecule has 154 valence electrons. The third-order valence-corrected chi connectivity index (χ3v) is 5.12. The number of likely N-dealkylation sites (N-methyl/N-ethyl adjacent to an activating group) is 1. The van der Waals surface area contributed by atoms with Gasteiger partial charge in [-0.2, -0.15) is 0 Å². The molecule has 0 atom stereocenters. The molecule has 0 aliphatic heterocycles. The van der Waals surface area contributed by atoms with Crippen molar-refractivity contribution in [3.8, 4) is 5.75 Å². The summed E-state index contributed by atoms with van der Waals surface area (Å²) < 4.78 is 5.77. The highest BCUT2D eigenvalue weighted by molar-refractivity contribution is 7.09. The highest BCUT2D eigenvalue weighted by atomic mass is 32.1. The van der Waals surface area contributed by atoms with E-state index in [2.05, 4.69) is 4.98 Å². The average molecular weight is 423 g/mol. The number of amides is 1. The van der Waals surface area contributed by atoms with Crippen LogP contribution in [0.25, 0.3) is 6.08 Å². The standard InChI is InChI=1S/C22H21N3O4S/c1-16-23-19(15-30-16)14-29-20-8-5-6-17(12-20)10-11-22(26)24(2)13-18-7-3-4-9-21(18)25(27)28/h3-12,15H,13-14H2,1-2H3/b11-10+. The Kier molecular flexibility index (Phi) is 6.92. The van der Waals surface area contributed by atoms with Gasteiger partial charge in [0.25, 0.3) is 5.69 Å². The number of para-hydroxylation sites is 1. The van der Waals surface area contributed by atoms with Crippen LogP contribution in [0.4, 0.5) is 5.69 Å². The van der Waals surface area contributed by atoms with Crippen molar-refractivity contribution in [2.45, 2.75) is 20.1 Å². The van der Waals surface area contributed by atoms with E-state index in [1.807, 2.05) is 36.6 Å². The average Bonchev–Trinajstić information content (AvgIpc) is 3.16. The monoisotopic (exact) mass is 423 g/mol. The van der Waals surface area contributed by atoms with Crippen LogP contribution in [0.5, 0.6) is 5.75 Å². The van der Waals surface area contributed by atoms with Crippen molar-refractivity contribution in [3.05, 3.63) is 91.9 Å². The van der Waals surface area contributed by atoms with E-state index >= 15 is 0 Å². The number of rotatable bonds is 8. The fourth-order valence-electron chi connectivity index (χ4n) is 2.79. The van der Waals surface area contributed by atoms with E-state index < -0.39 is 4.92 Å². The normalized spacial score (nSPS) is 10.9. The van der Waals surface area contributed by atoms with Gasteiger partial charge >= 0.3 is 0 Å². The summed E-state index contributed by atoms with van der Waals surface area (Å²) >= 11 is 1.58. The topological polar surface area (TPSA) is 85.6 Å². The molecule has 2 aromatic carbocycles. The Bertz CT molecular complexity index is 1080. The van der Waals surface area contributed by atoms with Crippen LogP contribution in [-0.2, 0) is 17.9 Å². The number of carbonyl (C=O) groups is 1. The Morgan fingerprint density at radius 2 is 2.07 bits per heavy atom. The summed E-state index contributed by atoms with van der Waals surface area (Å²) in [6.45, 7) is 2.48. The smallest absolute Gasteiger partial charge is 0.274 e. The van der Waals surface area contributed by atoms with Gasteiger partial charge in [0.05, 0.1) is 22.2 Å². The quantitative estimate of drug-likeness (QED) is 0.300. The van der Waals surface area contributed by atoms with Gasteiger partial charge in [-0.25, -0.2) is 4.98 Å². The Hall–Kier alpha value is -3.52. The van der Waals surface area contributed by atoms with E-state index in [1.54, 1.807) is 42.7 Å². The first-order chi connectivity index (χ1) is 14.4. The molecule has 0 N–H and O–H groups in total. The lowest BCUT2D eigenvalue weighted by atomic mass is 10.1. The zero-order valence-electron chi connectivity index (χ0n) is 16.6. The second-order valence-electron chi connectivity index (χ2n) is 6.63. The van der Waals surface area contributed by atoms with Crippen LogP contribution in [-0.4, -0.2) is 27.8 Å². The fourth-order valence-corrected chi connectivity index (χ4v) is 3.39. The second-order valence-corrected chi connectivity index (χ2v) is 7.69. The van der Waals surface area contributed by atoms with Crippen molar-refractivity contribution in [2.24, 2.45) is 0 Å². The Morgan fingerprint density at radius 3 is 2.80 bits per heavy atom. The largest absolute Gasteiger partial charge is 0.487 e. The van der Waals surface area contributed by atoms with Gasteiger partial charge in [0.2, 0.25) is 5.91 Å². The molecule has 30 heavy (non-hydrogen) atoms. The predicted octanol–water partition coefficient (Wildman–Crippen LogP) is 4.61. The molecular weight excluding hydrogens is 402 g/mol. The molecule has 1 amide bonds. The van der Waals surface area contributed by atoms with E-state index in [4.69, 9.17) is 4.74 Å². The number of carbonyl (C=O) groups excluding carboxylic acids is 1. The number of aromatic nitrogens is 1. The van der Waals surface area contributed by atoms with E-state index in [9.17, 15) is 14.9 Å². The summed E-state index contributed by atoms with van der Waals surface area (Å²) in [4.78, 5) is 28.9. The van der Waals surface area contributed by atoms with Gasteiger partial charge in [0.15, 0.2) is 0 Å². The molecule has 7 nitrogen and oxygen atoms in total. The van der Waals surface area contributed by atoms with Gasteiger partial charge in [-0.15, -0.1) is 11.3 Å². The maximum Gasteiger partial charge on any atom is 0.274 e. The number of nitro benzene ring substituents is 1. The first kappa shape index (κ1) is 21.2. The number of benzene rings is 2. The minimum absolute atomic E-state index is 0.00119. The first-order valence-corrected chi connectivity index (χ1v) is 10.1. The van der Waals surface area contributed by atoms with Crippen LogP contribution < -0.4 is 4.74 Å². The molecular formula is C22H21N3O4S. The van der Waals surface area contributed by atoms with Gasteiger partial charge in [0.1, 0.15) is 12.4 Å². The van der Waals surface area contributed by atoms with Crippen molar-refractivity contribution in [1.82, 2.24) is 9.88 Å². The molecule has 0 saturated carbocycles. The van der Waals surface area contributed by atoms with Crippen LogP contribution >= 0.6 is 11.3 Å². The summed E-state index contributed by atoms with van der Waals surface area (Å²) in [7, 11) is 1.61. The molecule has 0 fully saturated rings. The van der Waals surface area contributed by atoms with Crippen molar-refractivity contribution >= 4 is 29.0 Å². The summed E-state index contributed by atoms with van der Waals surface area (Å²) in [5.74, 6) is 0.431. The number of aryl methyl sites for hydroxylation is 1. The maximum absolute atomic E-state index is 12.4. The van der Waals surface area contributed by atoms with Crippen LogP contribution in [0.15, 0.2) is 60.0 Å². The molecule has 3 aromatic rings. The van der Waals surface area contributed by atoms with Gasteiger partial charge < -0.3 is 9.64 Å². The van der Waals surface area contributed by atoms with Crippen LogP contribution in [0.3, 0.4) is 0 Å². The number of nitro groups is 1. The van der Waals surface area contributed by atoms with Gasteiger partial charge in [-0.1, -0.05) is 30.3 Å². The second kappa shape index (κ2) is 9.80. The van der Waals surface area contributed by atoms with Crippen molar-refractivity contribution in [2.75, 3.05) is 7.05 Å². The molecule has 3 rings (SSSR count). The van der Waals surface area contributed by atoms with Gasteiger partial charge in [-0.3, -0.25) is 14.9 Å². The molecule has 0 spiro atoms. The maximum atomic E-state index is 12.4. The number of nitrogens with zero attached hydrogens (tertiary/aromatic N) is 3. The minimum Gasteiger partial charge on any atom is -0.487 e. The highest BCUT2D eigenvalue weighted by Gasteiger charge is 2.15. The minimum atomic E-state index is -0.443. The Balaban J connectivity index is 1.61. The first-order valence-electron chi connectivity index (χ1n) is 9.21. The summed E-state index contributed by atoms with van der Waals surface area (Å²) in [6.07, 6.45) is 3.13. The predicted molar refractivity (Wildman–Crippen MR) is 116 cm³/mol. The molecule has 0 aliphatic carbocycles. The molecule has 8 heteroatoms. The van der Waals surface area contributed by atoms with Crippen molar-refractivity contribution in [1.29, 1.82) is 0 Å². The third kappa shape index (κ3) is 5.74. The lowest BCUT2D eigenvalue weighted by Crippen LogP contribution is -2.24. The fraction of sp³-hybridized carbons (Fsp3) is 0.182. The molecule has 0 aliphatic rings. The molecule has 0 bridgehead atoms. The zero-order valence-corrected chi connectivity index (χ0v) is 17.5. The van der Waals surface area contributed by atoms with E-state index in [0.29, 0.717) is 17.9 Å². The Morgan fingerprint density at radius 1 is 1.27 bits per heavy atom. The summed E-state index contributed by atoms with van der Waals surface area (Å²) in [5.41, 5.74) is 2.18. The van der Waals surface area contributed by atoms with Gasteiger partial charge in [-0.05, 0) is 30.7 Å². The number of hydrogen-bond donors (Lipinski definition) is 0. The highest BCUT2D eigenvalue weighted by Crippen LogP contribution is 2.20. The third-order valence-electron chi connectivity index (χ3n) is 4.30. The number of ether oxygens (including phenoxy) is 1. The van der Waals surface area contributed by atoms with Crippen molar-refractivity contribution < 1.29 is 14.5 Å². The van der Waals surface area contributed by atoms with E-state index in [0.717, 1.165) is 16.3 Å². The SMILES string of the molecule is Cc1nc(COc2cccc(/C=C/C(=O)N(C)Cc3ccccc3[N+](=O)[O-])c2)cs1. The molecule has 1 aromatic heterocycles. The molecule has 0 unspecified atom stereocenters. The van der Waals surface area contributed by atoms with Crippen LogP contribution in [0, 0.1) is 17.0 Å². The molecule has 0 radical (unpaired) electrons. The summed E-state index contributed by atoms with van der Waals surface area (Å²) in [5, 5.41) is 14.1. The van der Waals surface area contributed by atoms with E-state index in [1.165, 1.54) is 17.0 Å². The van der Waals surface area contributed by atoms with E-state index in [-0.39, 0.29) is 18.1 Å². The van der Waals surface area contributed by atoms with Crippen molar-refractivity contribution in [3.63, 3.8) is 0 Å². The lowest BCUT2D eigenvalue weighted by molar-refractivity contribution is -0.385. The van der Waals surface area contributed by atoms with Gasteiger partial charge in [0, 0.05) is 30.1 Å². The van der Waals surface area contributed by atoms with Crippen LogP contribution in [0.2, 0.25) is 0 Å². The number of thiazole rings is 1. The van der Waals surface area contributed by atoms with Crippen LogP contribution in [0.1, 0.15) is 21.8 Å². The number of hydrogen-bond acceptors (Lipinski definition) is 6. The summed E-state index contributed by atoms with van der Waals surface area (Å²) in [6, 6.07) is 13.8. The molecule has 0 saturated heterocycles. The lowest BCUT2D eigenvalue weighted by Gasteiger charge is -2.15. The zero-order chi connectivity index (χ0) is 21.5. The Labute approximate surface area is 178 Å².